The number of piperazine rings is 1. The number of rotatable bonds is 5. The van der Waals surface area contributed by atoms with E-state index < -0.39 is 10.8 Å². The van der Waals surface area contributed by atoms with Gasteiger partial charge in [-0.2, -0.15) is 0 Å². The van der Waals surface area contributed by atoms with Crippen LogP contribution in [0.1, 0.15) is 19.8 Å². The van der Waals surface area contributed by atoms with Gasteiger partial charge in [0.2, 0.25) is 0 Å². The van der Waals surface area contributed by atoms with Gasteiger partial charge in [-0.3, -0.25) is 14.9 Å². The van der Waals surface area contributed by atoms with Gasteiger partial charge in [-0.25, -0.2) is 0 Å². The Morgan fingerprint density at radius 2 is 2.25 bits per heavy atom. The quantitative estimate of drug-likeness (QED) is 0.460. The van der Waals surface area contributed by atoms with Crippen LogP contribution in [0, 0.1) is 27.9 Å². The van der Waals surface area contributed by atoms with Gasteiger partial charge in [-0.05, 0) is 13.3 Å². The molecule has 0 bridgehead atoms. The van der Waals surface area contributed by atoms with Crippen molar-refractivity contribution in [2.45, 2.75) is 25.9 Å². The van der Waals surface area contributed by atoms with Crippen molar-refractivity contribution in [2.24, 2.45) is 5.92 Å². The summed E-state index contributed by atoms with van der Waals surface area (Å²) < 4.78 is 5.21. The highest BCUT2D eigenvalue weighted by atomic mass is 16.6. The highest BCUT2D eigenvalue weighted by Crippen LogP contribution is 2.23. The van der Waals surface area contributed by atoms with Crippen LogP contribution in [-0.4, -0.2) is 55.1 Å². The zero-order chi connectivity index (χ0) is 17.5. The SMILES string of the molecule is COC(C)C[C@@H]1C#CC/C=C(/C(=O)N2CCNCC2)C=C1[N+](=O)[O-]. The molecule has 7 heteroatoms. The third kappa shape index (κ3) is 4.66. The van der Waals surface area contributed by atoms with Crippen LogP contribution in [0.5, 0.6) is 0 Å². The number of hydrogen-bond acceptors (Lipinski definition) is 5. The van der Waals surface area contributed by atoms with E-state index in [2.05, 4.69) is 17.2 Å². The van der Waals surface area contributed by atoms with E-state index in [1.54, 1.807) is 18.1 Å². The van der Waals surface area contributed by atoms with Crippen LogP contribution < -0.4 is 5.32 Å². The molecule has 0 spiro atoms. The van der Waals surface area contributed by atoms with E-state index in [9.17, 15) is 14.9 Å². The van der Waals surface area contributed by atoms with Gasteiger partial charge < -0.3 is 15.0 Å². The number of nitrogens with zero attached hydrogens (tertiary/aromatic N) is 2. The summed E-state index contributed by atoms with van der Waals surface area (Å²) in [5.74, 6) is 5.15. The highest BCUT2D eigenvalue weighted by molar-refractivity contribution is 5.96. The molecule has 1 aliphatic carbocycles. The van der Waals surface area contributed by atoms with E-state index in [1.165, 1.54) is 6.08 Å². The molecule has 1 saturated heterocycles. The summed E-state index contributed by atoms with van der Waals surface area (Å²) in [6.07, 6.45) is 3.75. The molecule has 1 aliphatic heterocycles. The monoisotopic (exact) mass is 333 g/mol. The lowest BCUT2D eigenvalue weighted by Gasteiger charge is -2.28. The molecule has 1 heterocycles. The predicted molar refractivity (Wildman–Crippen MR) is 89.6 cm³/mol. The van der Waals surface area contributed by atoms with Gasteiger partial charge in [-0.15, -0.1) is 0 Å². The van der Waals surface area contributed by atoms with Crippen molar-refractivity contribution in [3.8, 4) is 11.8 Å². The summed E-state index contributed by atoms with van der Waals surface area (Å²) in [5.41, 5.74) is 0.313. The Balaban J connectivity index is 2.27. The smallest absolute Gasteiger partial charge is 0.262 e. The molecule has 130 valence electrons. The molecule has 0 aromatic heterocycles. The Morgan fingerprint density at radius 3 is 2.88 bits per heavy atom. The fourth-order valence-corrected chi connectivity index (χ4v) is 2.72. The minimum absolute atomic E-state index is 0.0409. The van der Waals surface area contributed by atoms with Crippen molar-refractivity contribution in [1.29, 1.82) is 0 Å². The molecule has 0 radical (unpaired) electrons. The third-order valence-corrected chi connectivity index (χ3v) is 4.19. The molecule has 2 aliphatic rings. The summed E-state index contributed by atoms with van der Waals surface area (Å²) in [6, 6.07) is 0. The lowest BCUT2D eigenvalue weighted by Crippen LogP contribution is -2.46. The number of nitro groups is 1. The summed E-state index contributed by atoms with van der Waals surface area (Å²) in [6.45, 7) is 4.53. The van der Waals surface area contributed by atoms with E-state index in [0.717, 1.165) is 13.1 Å². The molecule has 1 N–H and O–H groups in total. The summed E-state index contributed by atoms with van der Waals surface area (Å²) in [7, 11) is 1.57. The zero-order valence-electron chi connectivity index (χ0n) is 14.1. The van der Waals surface area contributed by atoms with Crippen LogP contribution in [0.3, 0.4) is 0 Å². The second-order valence-electron chi connectivity index (χ2n) is 5.89. The number of nitrogens with one attached hydrogen (secondary N) is 1. The average molecular weight is 333 g/mol. The molecule has 0 saturated carbocycles. The molecule has 1 fully saturated rings. The van der Waals surface area contributed by atoms with Crippen LogP contribution in [0.25, 0.3) is 0 Å². The molecule has 0 aromatic rings. The minimum atomic E-state index is -0.547. The number of carbonyl (C=O) groups is 1. The molecule has 1 amide bonds. The summed E-state index contributed by atoms with van der Waals surface area (Å²) >= 11 is 0. The number of hydrogen-bond donors (Lipinski definition) is 1. The number of allylic oxidation sites excluding steroid dienone is 2. The lowest BCUT2D eigenvalue weighted by molar-refractivity contribution is -0.432. The standard InChI is InChI=1S/C17H23N3O4/c1-13(24-2)11-14-5-3-4-6-15(12-16(14)20(22)23)17(21)19-9-7-18-8-10-19/h6,12-14,18H,4,7-11H2,1-2H3/b15-6+,16-12?/t13?,14-/m0/s1. The van der Waals surface area contributed by atoms with Crippen LogP contribution in [-0.2, 0) is 9.53 Å². The van der Waals surface area contributed by atoms with E-state index in [-0.39, 0.29) is 17.7 Å². The van der Waals surface area contributed by atoms with Gasteiger partial charge in [-0.1, -0.05) is 17.9 Å². The first-order chi connectivity index (χ1) is 11.5. The van der Waals surface area contributed by atoms with E-state index >= 15 is 0 Å². The predicted octanol–water partition coefficient (Wildman–Crippen LogP) is 0.954. The first kappa shape index (κ1) is 18.2. The molecule has 7 nitrogen and oxygen atoms in total. The lowest BCUT2D eigenvalue weighted by atomic mass is 9.95. The Labute approximate surface area is 141 Å². The van der Waals surface area contributed by atoms with Crippen molar-refractivity contribution in [2.75, 3.05) is 33.3 Å². The number of amides is 1. The van der Waals surface area contributed by atoms with Crippen molar-refractivity contribution in [3.63, 3.8) is 0 Å². The first-order valence-corrected chi connectivity index (χ1v) is 8.10. The Morgan fingerprint density at radius 1 is 1.54 bits per heavy atom. The van der Waals surface area contributed by atoms with Crippen LogP contribution in [0.15, 0.2) is 23.4 Å². The van der Waals surface area contributed by atoms with Crippen molar-refractivity contribution in [1.82, 2.24) is 10.2 Å². The molecule has 0 aromatic carbocycles. The number of ether oxygens (including phenoxy) is 1. The minimum Gasteiger partial charge on any atom is -0.382 e. The molecule has 2 atom stereocenters. The molecular weight excluding hydrogens is 310 g/mol. The Bertz CT molecular complexity index is 609. The third-order valence-electron chi connectivity index (χ3n) is 4.19. The summed E-state index contributed by atoms with van der Waals surface area (Å²) in [4.78, 5) is 25.5. The number of carbonyl (C=O) groups excluding carboxylic acids is 1. The summed E-state index contributed by atoms with van der Waals surface area (Å²) in [5, 5.41) is 14.7. The second kappa shape index (κ2) is 8.62. The fourth-order valence-electron chi connectivity index (χ4n) is 2.72. The van der Waals surface area contributed by atoms with Crippen LogP contribution in [0.2, 0.25) is 0 Å². The van der Waals surface area contributed by atoms with Crippen molar-refractivity contribution in [3.05, 3.63) is 33.5 Å². The van der Waals surface area contributed by atoms with Crippen molar-refractivity contribution < 1.29 is 14.5 Å². The van der Waals surface area contributed by atoms with Gasteiger partial charge in [0.15, 0.2) is 0 Å². The highest BCUT2D eigenvalue weighted by Gasteiger charge is 2.28. The van der Waals surface area contributed by atoms with Gasteiger partial charge in [0.05, 0.1) is 11.0 Å². The van der Waals surface area contributed by atoms with Crippen LogP contribution in [0.4, 0.5) is 0 Å². The molecule has 1 unspecified atom stereocenters. The van der Waals surface area contributed by atoms with E-state index in [0.29, 0.717) is 31.5 Å². The maximum Gasteiger partial charge on any atom is 0.262 e. The average Bonchev–Trinajstić information content (AvgIpc) is 2.57. The molecular formula is C17H23N3O4. The zero-order valence-corrected chi connectivity index (χ0v) is 14.1. The van der Waals surface area contributed by atoms with Crippen LogP contribution >= 0.6 is 0 Å². The normalized spacial score (nSPS) is 24.4. The maximum atomic E-state index is 12.7. The largest absolute Gasteiger partial charge is 0.382 e. The van der Waals surface area contributed by atoms with Gasteiger partial charge in [0.25, 0.3) is 11.6 Å². The molecule has 24 heavy (non-hydrogen) atoms. The van der Waals surface area contributed by atoms with Crippen molar-refractivity contribution >= 4 is 5.91 Å². The number of methoxy groups -OCH3 is 1. The second-order valence-corrected chi connectivity index (χ2v) is 5.89. The van der Waals surface area contributed by atoms with E-state index in [1.807, 2.05) is 6.92 Å². The first-order valence-electron chi connectivity index (χ1n) is 8.10. The van der Waals surface area contributed by atoms with E-state index in [4.69, 9.17) is 4.74 Å². The van der Waals surface area contributed by atoms with Gasteiger partial charge >= 0.3 is 0 Å². The molecule has 2 rings (SSSR count). The topological polar surface area (TPSA) is 84.7 Å². The fraction of sp³-hybridized carbons (Fsp3) is 0.588. The Kier molecular flexibility index (Phi) is 6.53. The van der Waals surface area contributed by atoms with Gasteiger partial charge in [0, 0.05) is 51.4 Å². The maximum absolute atomic E-state index is 12.7. The van der Waals surface area contributed by atoms with Gasteiger partial charge in [0.1, 0.15) is 5.92 Å². The Hall–Kier alpha value is -2.17.